The number of amides is 1. The van der Waals surface area contributed by atoms with Crippen molar-refractivity contribution in [1.82, 2.24) is 10.1 Å². The van der Waals surface area contributed by atoms with Crippen LogP contribution < -0.4 is 0 Å². The highest BCUT2D eigenvalue weighted by Crippen LogP contribution is 2.19. The molecule has 0 radical (unpaired) electrons. The smallest absolute Gasteiger partial charge is 0.228 e. The lowest BCUT2D eigenvalue weighted by Crippen LogP contribution is -2.28. The molecule has 0 spiro atoms. The van der Waals surface area contributed by atoms with Gasteiger partial charge in [0.1, 0.15) is 17.3 Å². The van der Waals surface area contributed by atoms with Crippen LogP contribution in [0.1, 0.15) is 11.3 Å². The Balaban J connectivity index is 1.72. The van der Waals surface area contributed by atoms with Crippen LogP contribution in [-0.4, -0.2) is 23.0 Å². The lowest BCUT2D eigenvalue weighted by molar-refractivity contribution is -0.129. The minimum absolute atomic E-state index is 0.0519. The Bertz CT molecular complexity index is 861. The Morgan fingerprint density at radius 2 is 2.00 bits per heavy atom. The first-order chi connectivity index (χ1) is 11.0. The molecule has 0 aliphatic carbocycles. The van der Waals surface area contributed by atoms with Crippen LogP contribution in [-0.2, 0) is 17.8 Å². The molecule has 0 atom stereocenters. The monoisotopic (exact) mass is 316 g/mol. The van der Waals surface area contributed by atoms with Crippen LogP contribution >= 0.6 is 0 Å². The van der Waals surface area contributed by atoms with Crippen molar-refractivity contribution in [2.75, 3.05) is 7.05 Å². The number of fused-ring (bicyclic) bond motifs is 1. The van der Waals surface area contributed by atoms with Crippen molar-refractivity contribution >= 4 is 16.9 Å². The average molecular weight is 316 g/mol. The molecule has 1 aromatic heterocycles. The molecular formula is C17H14F2N2O2. The number of halogens is 2. The Hall–Kier alpha value is -2.76. The van der Waals surface area contributed by atoms with Gasteiger partial charge in [0.2, 0.25) is 5.91 Å². The van der Waals surface area contributed by atoms with E-state index in [4.69, 9.17) is 4.52 Å². The second-order valence-corrected chi connectivity index (χ2v) is 5.29. The van der Waals surface area contributed by atoms with E-state index in [2.05, 4.69) is 5.16 Å². The van der Waals surface area contributed by atoms with Crippen molar-refractivity contribution < 1.29 is 18.1 Å². The molecule has 0 unspecified atom stereocenters. The normalized spacial score (nSPS) is 10.9. The summed E-state index contributed by atoms with van der Waals surface area (Å²) in [5.74, 6) is -1.54. The summed E-state index contributed by atoms with van der Waals surface area (Å²) in [6.45, 7) is 0.0563. The molecule has 0 aliphatic rings. The zero-order valence-electron chi connectivity index (χ0n) is 12.4. The first-order valence-corrected chi connectivity index (χ1v) is 7.06. The van der Waals surface area contributed by atoms with Crippen LogP contribution in [0.4, 0.5) is 8.78 Å². The lowest BCUT2D eigenvalue weighted by Gasteiger charge is -2.17. The second kappa shape index (κ2) is 6.16. The predicted octanol–water partition coefficient (Wildman–Crippen LogP) is 3.31. The standard InChI is InChI=1S/C17H14F2N2O2/c1-21(10-11-6-7-12(18)8-14(11)19)17(22)9-15-13-4-2-3-5-16(13)23-20-15/h2-8H,9-10H2,1H3. The molecule has 1 heterocycles. The molecule has 0 fully saturated rings. The molecule has 0 bridgehead atoms. The summed E-state index contributed by atoms with van der Waals surface area (Å²) in [6.07, 6.45) is 0.0519. The number of hydrogen-bond donors (Lipinski definition) is 0. The van der Waals surface area contributed by atoms with Crippen LogP contribution in [0.2, 0.25) is 0 Å². The molecular weight excluding hydrogens is 302 g/mol. The molecule has 1 amide bonds. The number of carbonyl (C=O) groups is 1. The highest BCUT2D eigenvalue weighted by molar-refractivity contribution is 5.86. The number of hydrogen-bond acceptors (Lipinski definition) is 3. The summed E-state index contributed by atoms with van der Waals surface area (Å²) >= 11 is 0. The minimum Gasteiger partial charge on any atom is -0.356 e. The molecule has 23 heavy (non-hydrogen) atoms. The summed E-state index contributed by atoms with van der Waals surface area (Å²) in [4.78, 5) is 13.7. The van der Waals surface area contributed by atoms with Crippen molar-refractivity contribution in [3.05, 3.63) is 65.4 Å². The third kappa shape index (κ3) is 3.21. The molecule has 0 saturated heterocycles. The molecule has 3 rings (SSSR count). The van der Waals surface area contributed by atoms with Gasteiger partial charge in [-0.1, -0.05) is 23.4 Å². The maximum absolute atomic E-state index is 13.7. The van der Waals surface area contributed by atoms with Crippen LogP contribution in [0.3, 0.4) is 0 Å². The number of likely N-dealkylation sites (N-methyl/N-ethyl adjacent to an activating group) is 1. The van der Waals surface area contributed by atoms with Gasteiger partial charge in [0.15, 0.2) is 5.58 Å². The van der Waals surface area contributed by atoms with Crippen molar-refractivity contribution in [3.8, 4) is 0 Å². The Kier molecular flexibility index (Phi) is 4.06. The molecule has 3 aromatic rings. The summed E-state index contributed by atoms with van der Waals surface area (Å²) in [6, 6.07) is 10.6. The fourth-order valence-corrected chi connectivity index (χ4v) is 2.34. The Morgan fingerprint density at radius 1 is 1.22 bits per heavy atom. The van der Waals surface area contributed by atoms with E-state index in [0.29, 0.717) is 11.3 Å². The number of benzene rings is 2. The van der Waals surface area contributed by atoms with Gasteiger partial charge in [-0.05, 0) is 18.2 Å². The highest BCUT2D eigenvalue weighted by Gasteiger charge is 2.16. The van der Waals surface area contributed by atoms with E-state index in [1.807, 2.05) is 18.2 Å². The van der Waals surface area contributed by atoms with E-state index in [1.54, 1.807) is 13.1 Å². The van der Waals surface area contributed by atoms with Gasteiger partial charge in [-0.3, -0.25) is 4.79 Å². The highest BCUT2D eigenvalue weighted by atomic mass is 19.1. The van der Waals surface area contributed by atoms with E-state index in [9.17, 15) is 13.6 Å². The van der Waals surface area contributed by atoms with Gasteiger partial charge in [0.25, 0.3) is 0 Å². The summed E-state index contributed by atoms with van der Waals surface area (Å²) < 4.78 is 31.7. The molecule has 6 heteroatoms. The van der Waals surface area contributed by atoms with Crippen molar-refractivity contribution in [2.24, 2.45) is 0 Å². The topological polar surface area (TPSA) is 46.3 Å². The van der Waals surface area contributed by atoms with Crippen molar-refractivity contribution in [1.29, 1.82) is 0 Å². The maximum atomic E-state index is 13.7. The van der Waals surface area contributed by atoms with E-state index in [-0.39, 0.29) is 24.4 Å². The van der Waals surface area contributed by atoms with Gasteiger partial charge in [-0.25, -0.2) is 8.78 Å². The van der Waals surface area contributed by atoms with Crippen molar-refractivity contribution in [2.45, 2.75) is 13.0 Å². The van der Waals surface area contributed by atoms with Crippen LogP contribution in [0.15, 0.2) is 47.0 Å². The van der Waals surface area contributed by atoms with Gasteiger partial charge in [0, 0.05) is 30.6 Å². The molecule has 118 valence electrons. The maximum Gasteiger partial charge on any atom is 0.228 e. The fourth-order valence-electron chi connectivity index (χ4n) is 2.34. The van der Waals surface area contributed by atoms with Crippen LogP contribution in [0.25, 0.3) is 11.0 Å². The number of nitrogens with zero attached hydrogens (tertiary/aromatic N) is 2. The van der Waals surface area contributed by atoms with Gasteiger partial charge < -0.3 is 9.42 Å². The number of para-hydroxylation sites is 1. The number of aromatic nitrogens is 1. The first kappa shape index (κ1) is 15.1. The fraction of sp³-hybridized carbons (Fsp3) is 0.176. The van der Waals surface area contributed by atoms with E-state index < -0.39 is 11.6 Å². The predicted molar refractivity (Wildman–Crippen MR) is 80.5 cm³/mol. The minimum atomic E-state index is -0.670. The van der Waals surface area contributed by atoms with E-state index in [1.165, 1.54) is 17.0 Å². The quantitative estimate of drug-likeness (QED) is 0.742. The molecule has 0 N–H and O–H groups in total. The first-order valence-electron chi connectivity index (χ1n) is 7.06. The van der Waals surface area contributed by atoms with Gasteiger partial charge in [-0.15, -0.1) is 0 Å². The van der Waals surface area contributed by atoms with Crippen molar-refractivity contribution in [3.63, 3.8) is 0 Å². The van der Waals surface area contributed by atoms with Gasteiger partial charge in [0.05, 0.1) is 6.42 Å². The van der Waals surface area contributed by atoms with Crippen LogP contribution in [0, 0.1) is 11.6 Å². The Morgan fingerprint density at radius 3 is 2.78 bits per heavy atom. The average Bonchev–Trinajstić information content (AvgIpc) is 2.93. The summed E-state index contributed by atoms with van der Waals surface area (Å²) in [5, 5.41) is 4.69. The SMILES string of the molecule is CN(Cc1ccc(F)cc1F)C(=O)Cc1noc2ccccc12. The van der Waals surface area contributed by atoms with Gasteiger partial charge >= 0.3 is 0 Å². The van der Waals surface area contributed by atoms with Gasteiger partial charge in [-0.2, -0.15) is 0 Å². The van der Waals surface area contributed by atoms with E-state index in [0.717, 1.165) is 11.5 Å². The third-order valence-corrected chi connectivity index (χ3v) is 3.62. The lowest BCUT2D eigenvalue weighted by atomic mass is 10.1. The van der Waals surface area contributed by atoms with Crippen LogP contribution in [0.5, 0.6) is 0 Å². The second-order valence-electron chi connectivity index (χ2n) is 5.29. The van der Waals surface area contributed by atoms with E-state index >= 15 is 0 Å². The summed E-state index contributed by atoms with van der Waals surface area (Å²) in [7, 11) is 1.56. The molecule has 0 saturated carbocycles. The number of carbonyl (C=O) groups excluding carboxylic acids is 1. The Labute approximate surface area is 131 Å². The third-order valence-electron chi connectivity index (χ3n) is 3.62. The zero-order chi connectivity index (χ0) is 16.4. The molecule has 2 aromatic carbocycles. The number of rotatable bonds is 4. The summed E-state index contributed by atoms with van der Waals surface area (Å²) in [5.41, 5.74) is 1.41. The molecule has 4 nitrogen and oxygen atoms in total. The zero-order valence-corrected chi connectivity index (χ0v) is 12.4. The largest absolute Gasteiger partial charge is 0.356 e. The molecule has 0 aliphatic heterocycles.